The Balaban J connectivity index is 1.99. The minimum atomic E-state index is 0.529. The molecular weight excluding hydrogens is 322 g/mol. The lowest BCUT2D eigenvalue weighted by Crippen LogP contribution is -2.07. The van der Waals surface area contributed by atoms with Crippen LogP contribution in [0.4, 0.5) is 5.69 Å². The number of hydrogen-bond acceptors (Lipinski definition) is 3. The molecule has 19 heavy (non-hydrogen) atoms. The van der Waals surface area contributed by atoms with Crippen LogP contribution in [0.1, 0.15) is 18.7 Å². The van der Waals surface area contributed by atoms with Crippen LogP contribution in [-0.2, 0) is 6.54 Å². The van der Waals surface area contributed by atoms with E-state index in [1.165, 1.54) is 4.88 Å². The second-order valence-corrected chi connectivity index (χ2v) is 7.31. The molecule has 0 radical (unpaired) electrons. The van der Waals surface area contributed by atoms with Crippen molar-refractivity contribution < 1.29 is 4.74 Å². The van der Waals surface area contributed by atoms with Crippen LogP contribution in [0.5, 0.6) is 5.75 Å². The number of anilines is 1. The lowest BCUT2D eigenvalue weighted by molar-refractivity contribution is 0.272. The number of thiophene rings is 1. The zero-order valence-corrected chi connectivity index (χ0v) is 13.6. The first-order valence-corrected chi connectivity index (χ1v) is 7.96. The predicted octanol–water partition coefficient (Wildman–Crippen LogP) is 5.16. The maximum Gasteiger partial charge on any atom is 0.142 e. The van der Waals surface area contributed by atoms with E-state index in [4.69, 9.17) is 4.74 Å². The summed E-state index contributed by atoms with van der Waals surface area (Å²) in [7, 11) is 0. The van der Waals surface area contributed by atoms with E-state index in [1.807, 2.05) is 18.2 Å². The van der Waals surface area contributed by atoms with Crippen molar-refractivity contribution in [1.82, 2.24) is 0 Å². The van der Waals surface area contributed by atoms with Crippen molar-refractivity contribution >= 4 is 33.0 Å². The van der Waals surface area contributed by atoms with Gasteiger partial charge in [0.15, 0.2) is 0 Å². The van der Waals surface area contributed by atoms with E-state index < -0.39 is 0 Å². The molecule has 0 fully saturated rings. The lowest BCUT2D eigenvalue weighted by atomic mass is 10.2. The molecule has 0 spiro atoms. The highest BCUT2D eigenvalue weighted by atomic mass is 79.9. The normalized spacial score (nSPS) is 10.7. The molecule has 0 aliphatic heterocycles. The van der Waals surface area contributed by atoms with Gasteiger partial charge >= 0.3 is 0 Å². The largest absolute Gasteiger partial charge is 0.491 e. The topological polar surface area (TPSA) is 21.3 Å². The van der Waals surface area contributed by atoms with E-state index in [9.17, 15) is 0 Å². The summed E-state index contributed by atoms with van der Waals surface area (Å²) in [5.41, 5.74) is 1.05. The van der Waals surface area contributed by atoms with Gasteiger partial charge in [0.25, 0.3) is 0 Å². The van der Waals surface area contributed by atoms with Gasteiger partial charge in [0.05, 0.1) is 16.1 Å². The van der Waals surface area contributed by atoms with E-state index in [0.717, 1.165) is 28.4 Å². The number of ether oxygens (including phenoxy) is 1. The van der Waals surface area contributed by atoms with Crippen molar-refractivity contribution in [3.05, 3.63) is 45.1 Å². The summed E-state index contributed by atoms with van der Waals surface area (Å²) >= 11 is 5.22. The van der Waals surface area contributed by atoms with E-state index in [2.05, 4.69) is 53.3 Å². The molecule has 1 aromatic carbocycles. The summed E-state index contributed by atoms with van der Waals surface area (Å²) in [5, 5.41) is 3.43. The minimum Gasteiger partial charge on any atom is -0.491 e. The third-order valence-electron chi connectivity index (χ3n) is 2.54. The van der Waals surface area contributed by atoms with Gasteiger partial charge in [-0.2, -0.15) is 0 Å². The highest BCUT2D eigenvalue weighted by Crippen LogP contribution is 2.27. The van der Waals surface area contributed by atoms with Crippen LogP contribution >= 0.6 is 27.3 Å². The molecule has 2 nitrogen and oxygen atoms in total. The molecule has 1 aromatic heterocycles. The third kappa shape index (κ3) is 4.55. The molecule has 102 valence electrons. The molecule has 0 amide bonds. The summed E-state index contributed by atoms with van der Waals surface area (Å²) in [6.07, 6.45) is 0. The molecule has 0 saturated heterocycles. The number of hydrogen-bond donors (Lipinski definition) is 1. The first kappa shape index (κ1) is 14.4. The van der Waals surface area contributed by atoms with Crippen molar-refractivity contribution in [1.29, 1.82) is 0 Å². The third-order valence-corrected chi connectivity index (χ3v) is 4.16. The smallest absolute Gasteiger partial charge is 0.142 e. The average Bonchev–Trinajstić information content (AvgIpc) is 2.80. The molecule has 0 atom stereocenters. The first-order chi connectivity index (χ1) is 9.15. The molecule has 2 aromatic rings. The van der Waals surface area contributed by atoms with Crippen molar-refractivity contribution in [2.24, 2.45) is 5.92 Å². The maximum absolute atomic E-state index is 5.82. The molecule has 1 heterocycles. The zero-order valence-electron chi connectivity index (χ0n) is 11.2. The van der Waals surface area contributed by atoms with Gasteiger partial charge in [0.1, 0.15) is 5.75 Å². The summed E-state index contributed by atoms with van der Waals surface area (Å²) < 4.78 is 6.98. The van der Waals surface area contributed by atoms with Gasteiger partial charge in [-0.05, 0) is 46.1 Å². The van der Waals surface area contributed by atoms with E-state index >= 15 is 0 Å². The second-order valence-electron chi connectivity index (χ2n) is 4.76. The van der Waals surface area contributed by atoms with Crippen molar-refractivity contribution in [2.75, 3.05) is 11.9 Å². The molecule has 0 unspecified atom stereocenters. The number of para-hydroxylation sites is 2. The Hall–Kier alpha value is -1.000. The lowest BCUT2D eigenvalue weighted by Gasteiger charge is -2.14. The van der Waals surface area contributed by atoms with Crippen molar-refractivity contribution in [2.45, 2.75) is 20.4 Å². The predicted molar refractivity (Wildman–Crippen MR) is 86.1 cm³/mol. The van der Waals surface area contributed by atoms with Crippen LogP contribution in [-0.4, -0.2) is 6.61 Å². The highest BCUT2D eigenvalue weighted by Gasteiger charge is 2.04. The number of nitrogens with one attached hydrogen (secondary N) is 1. The molecule has 0 saturated carbocycles. The number of rotatable bonds is 6. The SMILES string of the molecule is CC(C)COc1ccccc1NCc1ccc(Br)s1. The van der Waals surface area contributed by atoms with Crippen molar-refractivity contribution in [3.63, 3.8) is 0 Å². The van der Waals surface area contributed by atoms with Gasteiger partial charge in [-0.3, -0.25) is 0 Å². The van der Waals surface area contributed by atoms with Crippen LogP contribution in [0.2, 0.25) is 0 Å². The highest BCUT2D eigenvalue weighted by molar-refractivity contribution is 9.11. The fourth-order valence-corrected chi connectivity index (χ4v) is 3.05. The Bertz CT molecular complexity index is 524. The summed E-state index contributed by atoms with van der Waals surface area (Å²) in [5.74, 6) is 1.45. The van der Waals surface area contributed by atoms with Gasteiger partial charge in [0, 0.05) is 11.4 Å². The van der Waals surface area contributed by atoms with E-state index in [0.29, 0.717) is 5.92 Å². The number of benzene rings is 1. The van der Waals surface area contributed by atoms with Gasteiger partial charge in [-0.1, -0.05) is 26.0 Å². The average molecular weight is 340 g/mol. The quantitative estimate of drug-likeness (QED) is 0.784. The number of halogens is 1. The van der Waals surface area contributed by atoms with Crippen molar-refractivity contribution in [3.8, 4) is 5.75 Å². The van der Waals surface area contributed by atoms with Gasteiger partial charge in [-0.15, -0.1) is 11.3 Å². The summed E-state index contributed by atoms with van der Waals surface area (Å²) in [6.45, 7) is 5.86. The molecule has 1 N–H and O–H groups in total. The van der Waals surface area contributed by atoms with Crippen LogP contribution in [0.25, 0.3) is 0 Å². The Labute approximate surface area is 126 Å². The Morgan fingerprint density at radius 1 is 1.21 bits per heavy atom. The van der Waals surface area contributed by atoms with Crippen LogP contribution < -0.4 is 10.1 Å². The molecule has 0 bridgehead atoms. The molecule has 0 aliphatic carbocycles. The minimum absolute atomic E-state index is 0.529. The van der Waals surface area contributed by atoms with Crippen LogP contribution in [0.15, 0.2) is 40.2 Å². The first-order valence-electron chi connectivity index (χ1n) is 6.35. The fourth-order valence-electron chi connectivity index (χ4n) is 1.62. The van der Waals surface area contributed by atoms with Gasteiger partial charge < -0.3 is 10.1 Å². The van der Waals surface area contributed by atoms with E-state index in [-0.39, 0.29) is 0 Å². The monoisotopic (exact) mass is 339 g/mol. The zero-order chi connectivity index (χ0) is 13.7. The molecule has 4 heteroatoms. The fraction of sp³-hybridized carbons (Fsp3) is 0.333. The van der Waals surface area contributed by atoms with E-state index in [1.54, 1.807) is 11.3 Å². The Morgan fingerprint density at radius 3 is 2.68 bits per heavy atom. The Morgan fingerprint density at radius 2 is 2.00 bits per heavy atom. The molecule has 2 rings (SSSR count). The second kappa shape index (κ2) is 6.96. The standard InChI is InChI=1S/C15H18BrNOS/c1-11(2)10-18-14-6-4-3-5-13(14)17-9-12-7-8-15(16)19-12/h3-8,11,17H,9-10H2,1-2H3. The summed E-state index contributed by atoms with van der Waals surface area (Å²) in [4.78, 5) is 1.30. The Kier molecular flexibility index (Phi) is 5.28. The molecular formula is C15H18BrNOS. The molecule has 0 aliphatic rings. The maximum atomic E-state index is 5.82. The summed E-state index contributed by atoms with van der Waals surface area (Å²) in [6, 6.07) is 12.3. The van der Waals surface area contributed by atoms with Gasteiger partial charge in [0.2, 0.25) is 0 Å². The van der Waals surface area contributed by atoms with Crippen LogP contribution in [0.3, 0.4) is 0 Å². The van der Waals surface area contributed by atoms with Crippen LogP contribution in [0, 0.1) is 5.92 Å². The van der Waals surface area contributed by atoms with Gasteiger partial charge in [-0.25, -0.2) is 0 Å².